The molecule has 1 heterocycles. The van der Waals surface area contributed by atoms with Crippen molar-refractivity contribution in [2.75, 3.05) is 13.2 Å². The van der Waals surface area contributed by atoms with Crippen LogP contribution in [0.25, 0.3) is 0 Å². The fraction of sp³-hybridized carbons (Fsp3) is 0.909. The Bertz CT molecular complexity index is 194. The van der Waals surface area contributed by atoms with Gasteiger partial charge in [-0.05, 0) is 18.8 Å². The Kier molecular flexibility index (Phi) is 4.39. The Morgan fingerprint density at radius 2 is 2.36 bits per heavy atom. The normalized spacial score (nSPS) is 23.9. The second-order valence-corrected chi connectivity index (χ2v) is 4.28. The van der Waals surface area contributed by atoms with Crippen molar-refractivity contribution < 1.29 is 9.90 Å². The lowest BCUT2D eigenvalue weighted by atomic mass is 10.0. The number of likely N-dealkylation sites (tertiary alicyclic amines) is 1. The number of nitrogens with zero attached hydrogens (tertiary/aromatic N) is 1. The van der Waals surface area contributed by atoms with Crippen LogP contribution in [-0.2, 0) is 4.79 Å². The average molecular weight is 199 g/mol. The summed E-state index contributed by atoms with van der Waals surface area (Å²) in [4.78, 5) is 13.7. The van der Waals surface area contributed by atoms with Gasteiger partial charge in [0.1, 0.15) is 0 Å². The number of carbonyl (C=O) groups is 1. The zero-order valence-corrected chi connectivity index (χ0v) is 9.20. The van der Waals surface area contributed by atoms with Crippen LogP contribution in [0, 0.1) is 5.92 Å². The molecule has 14 heavy (non-hydrogen) atoms. The minimum Gasteiger partial charge on any atom is -0.394 e. The highest BCUT2D eigenvalue weighted by Gasteiger charge is 2.28. The molecule has 2 unspecified atom stereocenters. The van der Waals surface area contributed by atoms with E-state index < -0.39 is 0 Å². The lowest BCUT2D eigenvalue weighted by molar-refractivity contribution is -0.133. The summed E-state index contributed by atoms with van der Waals surface area (Å²) in [5.74, 6) is 0.679. The minimum atomic E-state index is 0.0894. The van der Waals surface area contributed by atoms with Crippen LogP contribution in [-0.4, -0.2) is 35.1 Å². The Morgan fingerprint density at radius 1 is 1.64 bits per heavy atom. The van der Waals surface area contributed by atoms with Crippen LogP contribution in [0.3, 0.4) is 0 Å². The highest BCUT2D eigenvalue weighted by molar-refractivity contribution is 5.77. The second kappa shape index (κ2) is 5.35. The quantitative estimate of drug-likeness (QED) is 0.743. The van der Waals surface area contributed by atoms with Gasteiger partial charge < -0.3 is 10.0 Å². The van der Waals surface area contributed by atoms with Gasteiger partial charge in [0.15, 0.2) is 0 Å². The first-order valence-corrected chi connectivity index (χ1v) is 5.59. The van der Waals surface area contributed by atoms with E-state index in [1.54, 1.807) is 0 Å². The first-order valence-electron chi connectivity index (χ1n) is 5.59. The molecule has 0 radical (unpaired) electrons. The topological polar surface area (TPSA) is 40.5 Å². The molecule has 1 saturated heterocycles. The van der Waals surface area contributed by atoms with Crippen molar-refractivity contribution in [3.8, 4) is 0 Å². The molecule has 0 aromatic carbocycles. The van der Waals surface area contributed by atoms with E-state index >= 15 is 0 Å². The summed E-state index contributed by atoms with van der Waals surface area (Å²) in [6.07, 6.45) is 3.68. The number of aliphatic hydroxyl groups excluding tert-OH is 1. The number of hydrogen-bond donors (Lipinski definition) is 1. The molecule has 0 saturated carbocycles. The van der Waals surface area contributed by atoms with E-state index in [0.29, 0.717) is 12.3 Å². The molecule has 1 amide bonds. The first kappa shape index (κ1) is 11.5. The summed E-state index contributed by atoms with van der Waals surface area (Å²) >= 11 is 0. The molecule has 0 spiro atoms. The minimum absolute atomic E-state index is 0.0894. The summed E-state index contributed by atoms with van der Waals surface area (Å²) < 4.78 is 0. The summed E-state index contributed by atoms with van der Waals surface area (Å²) in [5.41, 5.74) is 0. The Balaban J connectivity index is 2.43. The number of rotatable bonds is 4. The lowest BCUT2D eigenvalue weighted by Crippen LogP contribution is -2.38. The van der Waals surface area contributed by atoms with E-state index in [4.69, 9.17) is 5.11 Å². The third kappa shape index (κ3) is 2.71. The molecule has 1 N–H and O–H groups in total. The van der Waals surface area contributed by atoms with Gasteiger partial charge in [0.25, 0.3) is 0 Å². The van der Waals surface area contributed by atoms with Crippen LogP contribution in [0.15, 0.2) is 0 Å². The zero-order valence-electron chi connectivity index (χ0n) is 9.20. The number of amides is 1. The standard InChI is InChI=1S/C11H21NO2/c1-3-9(2)7-11(14)12-6-4-5-10(12)8-13/h9-10,13H,3-8H2,1-2H3. The van der Waals surface area contributed by atoms with E-state index in [9.17, 15) is 4.79 Å². The SMILES string of the molecule is CCC(C)CC(=O)N1CCCC1CO. The molecule has 0 bridgehead atoms. The van der Waals surface area contributed by atoms with Crippen molar-refractivity contribution in [2.45, 2.75) is 45.6 Å². The van der Waals surface area contributed by atoms with Gasteiger partial charge in [0, 0.05) is 13.0 Å². The van der Waals surface area contributed by atoms with Crippen molar-refractivity contribution >= 4 is 5.91 Å². The van der Waals surface area contributed by atoms with Crippen LogP contribution in [0.4, 0.5) is 0 Å². The van der Waals surface area contributed by atoms with Gasteiger partial charge >= 0.3 is 0 Å². The number of aliphatic hydroxyl groups is 1. The molecule has 1 aliphatic rings. The molecule has 3 heteroatoms. The van der Waals surface area contributed by atoms with Crippen molar-refractivity contribution in [3.05, 3.63) is 0 Å². The van der Waals surface area contributed by atoms with Gasteiger partial charge in [0.05, 0.1) is 12.6 Å². The fourth-order valence-electron chi connectivity index (χ4n) is 1.91. The van der Waals surface area contributed by atoms with E-state index in [2.05, 4.69) is 13.8 Å². The van der Waals surface area contributed by atoms with Crippen LogP contribution in [0.1, 0.15) is 39.5 Å². The number of carbonyl (C=O) groups excluding carboxylic acids is 1. The Hall–Kier alpha value is -0.570. The molecule has 0 aliphatic carbocycles. The molecule has 1 aliphatic heterocycles. The maximum Gasteiger partial charge on any atom is 0.223 e. The highest BCUT2D eigenvalue weighted by Crippen LogP contribution is 2.19. The summed E-state index contributed by atoms with van der Waals surface area (Å²) in [5, 5.41) is 9.08. The van der Waals surface area contributed by atoms with Crippen molar-refractivity contribution in [2.24, 2.45) is 5.92 Å². The van der Waals surface area contributed by atoms with Crippen LogP contribution < -0.4 is 0 Å². The molecule has 82 valence electrons. The summed E-state index contributed by atoms with van der Waals surface area (Å²) in [6, 6.07) is 0.0894. The van der Waals surface area contributed by atoms with Gasteiger partial charge in [-0.2, -0.15) is 0 Å². The lowest BCUT2D eigenvalue weighted by Gasteiger charge is -2.24. The van der Waals surface area contributed by atoms with Gasteiger partial charge in [-0.15, -0.1) is 0 Å². The third-order valence-corrected chi connectivity index (χ3v) is 3.13. The molecule has 2 atom stereocenters. The molecule has 0 aromatic rings. The molecule has 0 aromatic heterocycles. The van der Waals surface area contributed by atoms with Gasteiger partial charge in [-0.1, -0.05) is 20.3 Å². The maximum absolute atomic E-state index is 11.8. The zero-order chi connectivity index (χ0) is 10.6. The van der Waals surface area contributed by atoms with E-state index in [1.165, 1.54) is 0 Å². The second-order valence-electron chi connectivity index (χ2n) is 4.28. The molecule has 3 nitrogen and oxygen atoms in total. The van der Waals surface area contributed by atoms with Crippen molar-refractivity contribution in [3.63, 3.8) is 0 Å². The van der Waals surface area contributed by atoms with Crippen LogP contribution in [0.2, 0.25) is 0 Å². The molecular weight excluding hydrogens is 178 g/mol. The van der Waals surface area contributed by atoms with Gasteiger partial charge in [-0.3, -0.25) is 4.79 Å². The highest BCUT2D eigenvalue weighted by atomic mass is 16.3. The predicted molar refractivity (Wildman–Crippen MR) is 55.9 cm³/mol. The predicted octanol–water partition coefficient (Wildman–Crippen LogP) is 1.41. The number of hydrogen-bond acceptors (Lipinski definition) is 2. The fourth-order valence-corrected chi connectivity index (χ4v) is 1.91. The van der Waals surface area contributed by atoms with Gasteiger partial charge in [-0.25, -0.2) is 0 Å². The molecular formula is C11H21NO2. The maximum atomic E-state index is 11.8. The largest absolute Gasteiger partial charge is 0.394 e. The summed E-state index contributed by atoms with van der Waals surface area (Å²) in [6.45, 7) is 5.15. The smallest absolute Gasteiger partial charge is 0.223 e. The van der Waals surface area contributed by atoms with Crippen molar-refractivity contribution in [1.82, 2.24) is 4.90 Å². The Labute approximate surface area is 86.1 Å². The first-order chi connectivity index (χ1) is 6.69. The monoisotopic (exact) mass is 199 g/mol. The van der Waals surface area contributed by atoms with Gasteiger partial charge in [0.2, 0.25) is 5.91 Å². The molecule has 1 rings (SSSR count). The van der Waals surface area contributed by atoms with Crippen LogP contribution in [0.5, 0.6) is 0 Å². The Morgan fingerprint density at radius 3 is 2.93 bits per heavy atom. The van der Waals surface area contributed by atoms with Crippen LogP contribution >= 0.6 is 0 Å². The van der Waals surface area contributed by atoms with E-state index in [-0.39, 0.29) is 18.6 Å². The van der Waals surface area contributed by atoms with E-state index in [0.717, 1.165) is 25.8 Å². The summed E-state index contributed by atoms with van der Waals surface area (Å²) in [7, 11) is 0. The average Bonchev–Trinajstić information content (AvgIpc) is 2.65. The molecule has 1 fully saturated rings. The van der Waals surface area contributed by atoms with Crippen molar-refractivity contribution in [1.29, 1.82) is 0 Å². The van der Waals surface area contributed by atoms with E-state index in [1.807, 2.05) is 4.90 Å². The third-order valence-electron chi connectivity index (χ3n) is 3.13.